The molecule has 34 heavy (non-hydrogen) atoms. The monoisotopic (exact) mass is 477 g/mol. The van der Waals surface area contributed by atoms with Gasteiger partial charge < -0.3 is 25.4 Å². The van der Waals surface area contributed by atoms with E-state index >= 15 is 0 Å². The Hall–Kier alpha value is -2.61. The van der Waals surface area contributed by atoms with Crippen molar-refractivity contribution < 1.29 is 24.2 Å². The number of hydrogen-bond donors (Lipinski definition) is 3. The molecule has 4 atom stereocenters. The van der Waals surface area contributed by atoms with Gasteiger partial charge in [0.1, 0.15) is 17.7 Å². The molecule has 0 bridgehead atoms. The molecule has 0 fully saturated rings. The maximum atomic E-state index is 13.7. The fourth-order valence-corrected chi connectivity index (χ4v) is 3.72. The quantitative estimate of drug-likeness (QED) is 0.449. The summed E-state index contributed by atoms with van der Waals surface area (Å²) in [4.78, 5) is 41.1. The van der Waals surface area contributed by atoms with Crippen LogP contribution in [0.2, 0.25) is 0 Å². The Labute approximate surface area is 204 Å². The molecule has 0 saturated heterocycles. The zero-order valence-electron chi connectivity index (χ0n) is 22.0. The Kier molecular flexibility index (Phi) is 11.5. The summed E-state index contributed by atoms with van der Waals surface area (Å²) < 4.78 is 5.26. The van der Waals surface area contributed by atoms with Crippen LogP contribution in [-0.2, 0) is 14.3 Å². The van der Waals surface area contributed by atoms with Gasteiger partial charge in [-0.15, -0.1) is 0 Å². The van der Waals surface area contributed by atoms with E-state index in [4.69, 9.17) is 4.74 Å². The Morgan fingerprint density at radius 2 is 1.76 bits per heavy atom. The maximum absolute atomic E-state index is 13.7. The van der Waals surface area contributed by atoms with Crippen LogP contribution in [0, 0.1) is 6.92 Å². The fourth-order valence-electron chi connectivity index (χ4n) is 3.72. The van der Waals surface area contributed by atoms with Gasteiger partial charge in [0.15, 0.2) is 0 Å². The molecule has 1 rings (SSSR count). The summed E-state index contributed by atoms with van der Waals surface area (Å²) in [5.74, 6) is -0.846. The normalized spacial score (nSPS) is 15.0. The number of nitrogens with one attached hydrogen (secondary N) is 2. The van der Waals surface area contributed by atoms with Gasteiger partial charge in [-0.05, 0) is 59.9 Å². The van der Waals surface area contributed by atoms with Crippen LogP contribution in [0.25, 0.3) is 0 Å². The van der Waals surface area contributed by atoms with Gasteiger partial charge in [0.2, 0.25) is 11.8 Å². The Morgan fingerprint density at radius 3 is 2.26 bits per heavy atom. The molecular formula is C26H43N3O5. The molecule has 8 nitrogen and oxygen atoms in total. The lowest BCUT2D eigenvalue weighted by Gasteiger charge is -2.38. The average Bonchev–Trinajstić information content (AvgIpc) is 2.73. The zero-order valence-corrected chi connectivity index (χ0v) is 22.0. The van der Waals surface area contributed by atoms with E-state index in [9.17, 15) is 19.5 Å². The number of aliphatic hydroxyl groups is 1. The van der Waals surface area contributed by atoms with Crippen molar-refractivity contribution in [2.45, 2.75) is 104 Å². The number of carbonyl (C=O) groups excluding carboxylic acids is 3. The van der Waals surface area contributed by atoms with Crippen LogP contribution < -0.4 is 10.6 Å². The number of aryl methyl sites for hydroxylation is 1. The third-order valence-electron chi connectivity index (χ3n) is 5.49. The minimum Gasteiger partial charge on any atom is -0.444 e. The molecule has 4 unspecified atom stereocenters. The third-order valence-corrected chi connectivity index (χ3v) is 5.49. The molecular weight excluding hydrogens is 434 g/mol. The molecule has 3 amide bonds. The van der Waals surface area contributed by atoms with Gasteiger partial charge in [-0.3, -0.25) is 9.59 Å². The predicted molar refractivity (Wildman–Crippen MR) is 133 cm³/mol. The summed E-state index contributed by atoms with van der Waals surface area (Å²) in [7, 11) is 0. The first kappa shape index (κ1) is 29.4. The molecule has 3 N–H and O–H groups in total. The highest BCUT2D eigenvalue weighted by molar-refractivity contribution is 5.92. The van der Waals surface area contributed by atoms with Crippen LogP contribution in [-0.4, -0.2) is 58.2 Å². The smallest absolute Gasteiger partial charge is 0.408 e. The van der Waals surface area contributed by atoms with E-state index in [-0.39, 0.29) is 18.0 Å². The molecule has 8 heteroatoms. The van der Waals surface area contributed by atoms with Crippen LogP contribution in [0.15, 0.2) is 24.3 Å². The van der Waals surface area contributed by atoms with Crippen LogP contribution in [0.5, 0.6) is 0 Å². The molecule has 0 aliphatic heterocycles. The predicted octanol–water partition coefficient (Wildman–Crippen LogP) is 3.85. The van der Waals surface area contributed by atoms with E-state index in [1.807, 2.05) is 58.9 Å². The first-order valence-corrected chi connectivity index (χ1v) is 12.1. The number of carbonyl (C=O) groups is 3. The second-order valence-electron chi connectivity index (χ2n) is 9.90. The van der Waals surface area contributed by atoms with Crippen molar-refractivity contribution >= 4 is 17.9 Å². The first-order chi connectivity index (χ1) is 15.8. The van der Waals surface area contributed by atoms with Crippen molar-refractivity contribution in [3.05, 3.63) is 35.4 Å². The van der Waals surface area contributed by atoms with Crippen LogP contribution in [0.1, 0.15) is 84.9 Å². The number of alkyl carbamates (subject to hydrolysis) is 1. The molecule has 1 aromatic rings. The standard InChI is InChI=1S/C26H43N3O5/c1-9-12-18(4)27-23(31)22(20-14-11-13-17(3)15-20)29(19(5)10-2)24(32)21(16-30)28-25(33)34-26(6,7)8/h11,13-15,18-19,21-22,30H,9-10,12,16H2,1-8H3,(H,27,31)(H,28,33). The van der Waals surface area contributed by atoms with E-state index in [1.165, 1.54) is 4.90 Å². The minimum atomic E-state index is -1.25. The van der Waals surface area contributed by atoms with E-state index < -0.39 is 36.3 Å². The summed E-state index contributed by atoms with van der Waals surface area (Å²) in [5.41, 5.74) is 0.867. The molecule has 0 spiro atoms. The third kappa shape index (κ3) is 8.97. The van der Waals surface area contributed by atoms with E-state index in [1.54, 1.807) is 20.8 Å². The molecule has 0 heterocycles. The Balaban J connectivity index is 3.42. The van der Waals surface area contributed by atoms with Crippen molar-refractivity contribution in [1.29, 1.82) is 0 Å². The van der Waals surface area contributed by atoms with Gasteiger partial charge in [-0.25, -0.2) is 4.79 Å². The van der Waals surface area contributed by atoms with E-state index in [0.717, 1.165) is 18.4 Å². The molecule has 192 valence electrons. The summed E-state index contributed by atoms with van der Waals surface area (Å²) in [6.45, 7) is 14.2. The minimum absolute atomic E-state index is 0.0628. The van der Waals surface area contributed by atoms with Gasteiger partial charge >= 0.3 is 6.09 Å². The highest BCUT2D eigenvalue weighted by atomic mass is 16.6. The van der Waals surface area contributed by atoms with E-state index in [0.29, 0.717) is 12.0 Å². The number of aliphatic hydroxyl groups excluding tert-OH is 1. The lowest BCUT2D eigenvalue weighted by atomic mass is 9.98. The average molecular weight is 478 g/mol. The number of nitrogens with zero attached hydrogens (tertiary/aromatic N) is 1. The number of amides is 3. The van der Waals surface area contributed by atoms with Gasteiger partial charge in [0.05, 0.1) is 6.61 Å². The molecule has 0 radical (unpaired) electrons. The zero-order chi connectivity index (χ0) is 26.1. The Morgan fingerprint density at radius 1 is 1.12 bits per heavy atom. The molecule has 0 aliphatic rings. The number of rotatable bonds is 11. The lowest BCUT2D eigenvalue weighted by Crippen LogP contribution is -2.57. The first-order valence-electron chi connectivity index (χ1n) is 12.1. The second kappa shape index (κ2) is 13.3. The fraction of sp³-hybridized carbons (Fsp3) is 0.654. The number of hydrogen-bond acceptors (Lipinski definition) is 5. The molecule has 0 aliphatic carbocycles. The van der Waals surface area contributed by atoms with Crippen molar-refractivity contribution in [2.75, 3.05) is 6.61 Å². The highest BCUT2D eigenvalue weighted by Gasteiger charge is 2.38. The Bertz CT molecular complexity index is 821. The summed E-state index contributed by atoms with van der Waals surface area (Å²) in [5, 5.41) is 15.5. The van der Waals surface area contributed by atoms with Gasteiger partial charge in [-0.2, -0.15) is 0 Å². The molecule has 1 aromatic carbocycles. The van der Waals surface area contributed by atoms with Crippen molar-refractivity contribution in [2.24, 2.45) is 0 Å². The lowest BCUT2D eigenvalue weighted by molar-refractivity contribution is -0.146. The van der Waals surface area contributed by atoms with Crippen LogP contribution >= 0.6 is 0 Å². The summed E-state index contributed by atoms with van der Waals surface area (Å²) >= 11 is 0. The molecule has 0 aromatic heterocycles. The van der Waals surface area contributed by atoms with E-state index in [2.05, 4.69) is 10.6 Å². The maximum Gasteiger partial charge on any atom is 0.408 e. The summed E-state index contributed by atoms with van der Waals surface area (Å²) in [6.07, 6.45) is 1.49. The van der Waals surface area contributed by atoms with Crippen molar-refractivity contribution in [3.8, 4) is 0 Å². The van der Waals surface area contributed by atoms with Gasteiger partial charge in [0, 0.05) is 12.1 Å². The van der Waals surface area contributed by atoms with Crippen molar-refractivity contribution in [1.82, 2.24) is 15.5 Å². The number of ether oxygens (including phenoxy) is 1. The number of benzene rings is 1. The topological polar surface area (TPSA) is 108 Å². The molecule has 0 saturated carbocycles. The summed E-state index contributed by atoms with van der Waals surface area (Å²) in [6, 6.07) is 4.91. The van der Waals surface area contributed by atoms with Gasteiger partial charge in [0.25, 0.3) is 0 Å². The highest BCUT2D eigenvalue weighted by Crippen LogP contribution is 2.27. The van der Waals surface area contributed by atoms with Crippen LogP contribution in [0.4, 0.5) is 4.79 Å². The largest absolute Gasteiger partial charge is 0.444 e. The van der Waals surface area contributed by atoms with Crippen molar-refractivity contribution in [3.63, 3.8) is 0 Å². The SMILES string of the molecule is CCCC(C)NC(=O)C(c1cccc(C)c1)N(C(=O)C(CO)NC(=O)OC(C)(C)C)C(C)CC. The van der Waals surface area contributed by atoms with Crippen LogP contribution in [0.3, 0.4) is 0 Å². The van der Waals surface area contributed by atoms with Gasteiger partial charge in [-0.1, -0.05) is 50.1 Å². The second-order valence-corrected chi connectivity index (χ2v) is 9.90.